The summed E-state index contributed by atoms with van der Waals surface area (Å²) in [5.41, 5.74) is 4.30. The van der Waals surface area contributed by atoms with Crippen molar-refractivity contribution in [2.75, 3.05) is 6.26 Å². The molecular formula is C15H13ClN2S. The van der Waals surface area contributed by atoms with Gasteiger partial charge in [0.25, 0.3) is 0 Å². The average molecular weight is 289 g/mol. The van der Waals surface area contributed by atoms with Gasteiger partial charge in [-0.05, 0) is 36.9 Å². The molecule has 2 heterocycles. The fourth-order valence-electron chi connectivity index (χ4n) is 2.17. The Labute approximate surface area is 121 Å². The van der Waals surface area contributed by atoms with Crippen LogP contribution in [0.3, 0.4) is 0 Å². The van der Waals surface area contributed by atoms with Crippen molar-refractivity contribution < 1.29 is 0 Å². The van der Waals surface area contributed by atoms with E-state index in [1.807, 2.05) is 24.3 Å². The standard InChI is InChI=1S/C15H13ClN2S/c1-10-4-3-9-18-14(10)17-13(15(18)19-2)11-5-7-12(16)8-6-11/h3-9H,1-2H3. The van der Waals surface area contributed by atoms with E-state index in [1.54, 1.807) is 11.8 Å². The topological polar surface area (TPSA) is 17.3 Å². The van der Waals surface area contributed by atoms with Gasteiger partial charge in [0.2, 0.25) is 0 Å². The molecule has 96 valence electrons. The van der Waals surface area contributed by atoms with Gasteiger partial charge in [-0.2, -0.15) is 0 Å². The Morgan fingerprint density at radius 1 is 1.16 bits per heavy atom. The average Bonchev–Trinajstić information content (AvgIpc) is 2.79. The molecule has 2 nitrogen and oxygen atoms in total. The zero-order chi connectivity index (χ0) is 13.4. The van der Waals surface area contributed by atoms with Crippen molar-refractivity contribution in [1.29, 1.82) is 0 Å². The number of benzene rings is 1. The van der Waals surface area contributed by atoms with Crippen molar-refractivity contribution in [2.24, 2.45) is 0 Å². The van der Waals surface area contributed by atoms with Crippen LogP contribution < -0.4 is 0 Å². The maximum absolute atomic E-state index is 5.95. The second-order valence-corrected chi connectivity index (χ2v) is 5.59. The molecule has 2 aromatic heterocycles. The molecule has 0 saturated carbocycles. The second-order valence-electron chi connectivity index (χ2n) is 4.36. The molecule has 19 heavy (non-hydrogen) atoms. The Morgan fingerprint density at radius 2 is 1.89 bits per heavy atom. The van der Waals surface area contributed by atoms with Gasteiger partial charge in [-0.3, -0.25) is 4.40 Å². The van der Waals surface area contributed by atoms with Crippen LogP contribution in [-0.4, -0.2) is 15.6 Å². The van der Waals surface area contributed by atoms with Crippen LogP contribution in [0.1, 0.15) is 5.56 Å². The minimum atomic E-state index is 0.745. The molecule has 0 aliphatic rings. The number of aryl methyl sites for hydroxylation is 1. The van der Waals surface area contributed by atoms with E-state index in [1.165, 1.54) is 5.56 Å². The number of thioether (sulfide) groups is 1. The van der Waals surface area contributed by atoms with Gasteiger partial charge < -0.3 is 0 Å². The second kappa shape index (κ2) is 4.91. The van der Waals surface area contributed by atoms with E-state index in [0.717, 1.165) is 27.0 Å². The Hall–Kier alpha value is -1.45. The first-order chi connectivity index (χ1) is 9.20. The van der Waals surface area contributed by atoms with Crippen molar-refractivity contribution in [1.82, 2.24) is 9.38 Å². The lowest BCUT2D eigenvalue weighted by Gasteiger charge is -2.02. The number of fused-ring (bicyclic) bond motifs is 1. The minimum absolute atomic E-state index is 0.745. The summed E-state index contributed by atoms with van der Waals surface area (Å²) in [4.78, 5) is 4.78. The summed E-state index contributed by atoms with van der Waals surface area (Å²) in [7, 11) is 0. The smallest absolute Gasteiger partial charge is 0.141 e. The highest BCUT2D eigenvalue weighted by Crippen LogP contribution is 2.32. The van der Waals surface area contributed by atoms with E-state index < -0.39 is 0 Å². The Kier molecular flexibility index (Phi) is 3.25. The number of rotatable bonds is 2. The van der Waals surface area contributed by atoms with Crippen LogP contribution in [0.4, 0.5) is 0 Å². The molecule has 0 aliphatic carbocycles. The lowest BCUT2D eigenvalue weighted by molar-refractivity contribution is 1.04. The number of nitrogens with zero attached hydrogens (tertiary/aromatic N) is 2. The molecule has 3 aromatic rings. The third-order valence-electron chi connectivity index (χ3n) is 3.11. The number of hydrogen-bond donors (Lipinski definition) is 0. The van der Waals surface area contributed by atoms with Crippen LogP contribution in [0, 0.1) is 6.92 Å². The summed E-state index contributed by atoms with van der Waals surface area (Å²) in [6.45, 7) is 2.08. The van der Waals surface area contributed by atoms with Crippen molar-refractivity contribution in [3.05, 3.63) is 53.2 Å². The summed E-state index contributed by atoms with van der Waals surface area (Å²) in [6.07, 6.45) is 4.13. The van der Waals surface area contributed by atoms with Gasteiger partial charge in [-0.15, -0.1) is 11.8 Å². The van der Waals surface area contributed by atoms with Gasteiger partial charge in [0, 0.05) is 16.8 Å². The predicted molar refractivity (Wildman–Crippen MR) is 82.2 cm³/mol. The van der Waals surface area contributed by atoms with Crippen LogP contribution in [-0.2, 0) is 0 Å². The Morgan fingerprint density at radius 3 is 2.58 bits per heavy atom. The first-order valence-electron chi connectivity index (χ1n) is 5.98. The maximum atomic E-state index is 5.95. The summed E-state index contributed by atoms with van der Waals surface area (Å²) < 4.78 is 2.14. The Balaban J connectivity index is 2.29. The number of halogens is 1. The van der Waals surface area contributed by atoms with Crippen LogP contribution in [0.2, 0.25) is 5.02 Å². The van der Waals surface area contributed by atoms with E-state index >= 15 is 0 Å². The molecule has 0 amide bonds. The largest absolute Gasteiger partial charge is 0.294 e. The third kappa shape index (κ3) is 2.13. The molecule has 1 aromatic carbocycles. The molecule has 0 N–H and O–H groups in total. The molecule has 0 bridgehead atoms. The summed E-state index contributed by atoms with van der Waals surface area (Å²) in [6, 6.07) is 12.0. The maximum Gasteiger partial charge on any atom is 0.141 e. The van der Waals surface area contributed by atoms with Gasteiger partial charge in [-0.25, -0.2) is 4.98 Å². The first-order valence-corrected chi connectivity index (χ1v) is 7.58. The molecule has 0 saturated heterocycles. The van der Waals surface area contributed by atoms with E-state index in [9.17, 15) is 0 Å². The van der Waals surface area contributed by atoms with Gasteiger partial charge in [-0.1, -0.05) is 29.8 Å². The molecule has 0 radical (unpaired) electrons. The van der Waals surface area contributed by atoms with Crippen molar-refractivity contribution in [2.45, 2.75) is 11.9 Å². The molecule has 0 unspecified atom stereocenters. The SMILES string of the molecule is CSc1c(-c2ccc(Cl)cc2)nc2c(C)cccn12. The van der Waals surface area contributed by atoms with Crippen LogP contribution in [0.25, 0.3) is 16.9 Å². The third-order valence-corrected chi connectivity index (χ3v) is 4.14. The molecular weight excluding hydrogens is 276 g/mol. The molecule has 3 rings (SSSR count). The van der Waals surface area contributed by atoms with Crippen molar-refractivity contribution in [3.63, 3.8) is 0 Å². The summed E-state index contributed by atoms with van der Waals surface area (Å²) in [5.74, 6) is 0. The molecule has 0 aliphatic heterocycles. The quantitative estimate of drug-likeness (QED) is 0.637. The van der Waals surface area contributed by atoms with Crippen LogP contribution in [0.15, 0.2) is 47.6 Å². The Bertz CT molecular complexity index is 732. The van der Waals surface area contributed by atoms with Gasteiger partial charge >= 0.3 is 0 Å². The zero-order valence-electron chi connectivity index (χ0n) is 10.7. The monoisotopic (exact) mass is 288 g/mol. The highest BCUT2D eigenvalue weighted by Gasteiger charge is 2.14. The van der Waals surface area contributed by atoms with E-state index in [2.05, 4.69) is 35.9 Å². The molecule has 4 heteroatoms. The van der Waals surface area contributed by atoms with Gasteiger partial charge in [0.1, 0.15) is 16.4 Å². The van der Waals surface area contributed by atoms with E-state index in [0.29, 0.717) is 0 Å². The fourth-order valence-corrected chi connectivity index (χ4v) is 3.00. The van der Waals surface area contributed by atoms with Crippen LogP contribution >= 0.6 is 23.4 Å². The molecule has 0 spiro atoms. The van der Waals surface area contributed by atoms with Crippen molar-refractivity contribution in [3.8, 4) is 11.3 Å². The first kappa shape index (κ1) is 12.6. The van der Waals surface area contributed by atoms with Crippen molar-refractivity contribution >= 4 is 29.0 Å². The highest BCUT2D eigenvalue weighted by molar-refractivity contribution is 7.98. The highest BCUT2D eigenvalue weighted by atomic mass is 35.5. The number of aromatic nitrogens is 2. The molecule has 0 atom stereocenters. The summed E-state index contributed by atoms with van der Waals surface area (Å²) >= 11 is 7.65. The lowest BCUT2D eigenvalue weighted by Crippen LogP contribution is -1.87. The van der Waals surface area contributed by atoms with E-state index in [-0.39, 0.29) is 0 Å². The van der Waals surface area contributed by atoms with E-state index in [4.69, 9.17) is 16.6 Å². The number of hydrogen-bond acceptors (Lipinski definition) is 2. The fraction of sp³-hybridized carbons (Fsp3) is 0.133. The summed E-state index contributed by atoms with van der Waals surface area (Å²) in [5, 5.41) is 1.90. The minimum Gasteiger partial charge on any atom is -0.294 e. The van der Waals surface area contributed by atoms with Gasteiger partial charge in [0.15, 0.2) is 0 Å². The number of imidazole rings is 1. The number of pyridine rings is 1. The molecule has 0 fully saturated rings. The van der Waals surface area contributed by atoms with Gasteiger partial charge in [0.05, 0.1) is 0 Å². The lowest BCUT2D eigenvalue weighted by atomic mass is 10.2. The normalized spacial score (nSPS) is 11.1. The zero-order valence-corrected chi connectivity index (χ0v) is 12.3. The van der Waals surface area contributed by atoms with Crippen LogP contribution in [0.5, 0.6) is 0 Å². The predicted octanol–water partition coefficient (Wildman–Crippen LogP) is 4.69.